The van der Waals surface area contributed by atoms with Crippen molar-refractivity contribution in [3.05, 3.63) is 65.7 Å². The summed E-state index contributed by atoms with van der Waals surface area (Å²) in [5, 5.41) is 8.94. The Labute approximate surface area is 158 Å². The first kappa shape index (κ1) is 20.1. The molecule has 0 aliphatic rings. The number of ether oxygens (including phenoxy) is 2. The highest BCUT2D eigenvalue weighted by atomic mass is 16.5. The van der Waals surface area contributed by atoms with E-state index in [1.807, 2.05) is 26.0 Å². The maximum atomic E-state index is 12.4. The van der Waals surface area contributed by atoms with Crippen molar-refractivity contribution in [3.63, 3.8) is 0 Å². The number of para-hydroxylation sites is 1. The summed E-state index contributed by atoms with van der Waals surface area (Å²) in [7, 11) is 0. The topological polar surface area (TPSA) is 79.6 Å². The molecule has 0 unspecified atom stereocenters. The third-order valence-corrected chi connectivity index (χ3v) is 3.70. The van der Waals surface area contributed by atoms with Crippen LogP contribution in [0.2, 0.25) is 0 Å². The van der Waals surface area contributed by atoms with Crippen molar-refractivity contribution < 1.29 is 19.1 Å². The van der Waals surface area contributed by atoms with Gasteiger partial charge < -0.3 is 9.47 Å². The van der Waals surface area contributed by atoms with E-state index < -0.39 is 18.5 Å². The highest BCUT2D eigenvalue weighted by molar-refractivity contribution is 5.97. The fraction of sp³-hybridized carbons (Fsp3) is 0.286. The van der Waals surface area contributed by atoms with E-state index in [4.69, 9.17) is 14.7 Å². The van der Waals surface area contributed by atoms with Gasteiger partial charge in [-0.3, -0.25) is 9.69 Å². The third-order valence-electron chi connectivity index (χ3n) is 3.70. The Balaban J connectivity index is 1.93. The van der Waals surface area contributed by atoms with Gasteiger partial charge in [0.05, 0.1) is 24.3 Å². The maximum absolute atomic E-state index is 12.4. The van der Waals surface area contributed by atoms with Crippen LogP contribution in [0.3, 0.4) is 0 Å². The first-order valence-electron chi connectivity index (χ1n) is 8.61. The molecule has 0 radical (unpaired) electrons. The molecule has 0 N–H and O–H groups in total. The van der Waals surface area contributed by atoms with Crippen molar-refractivity contribution in [2.75, 3.05) is 18.1 Å². The number of carbonyl (C=O) groups is 2. The van der Waals surface area contributed by atoms with Crippen LogP contribution in [0.1, 0.15) is 29.8 Å². The fourth-order valence-electron chi connectivity index (χ4n) is 2.29. The van der Waals surface area contributed by atoms with Crippen molar-refractivity contribution in [2.24, 2.45) is 0 Å². The molecule has 0 atom stereocenters. The van der Waals surface area contributed by atoms with E-state index >= 15 is 0 Å². The van der Waals surface area contributed by atoms with Crippen LogP contribution < -0.4 is 4.90 Å². The van der Waals surface area contributed by atoms with Crippen LogP contribution in [0, 0.1) is 11.3 Å². The Kier molecular flexibility index (Phi) is 7.53. The van der Waals surface area contributed by atoms with E-state index in [9.17, 15) is 9.59 Å². The molecule has 0 heterocycles. The summed E-state index contributed by atoms with van der Waals surface area (Å²) in [6, 6.07) is 17.6. The lowest BCUT2D eigenvalue weighted by Crippen LogP contribution is -2.35. The highest BCUT2D eigenvalue weighted by Crippen LogP contribution is 2.14. The SMILES string of the molecule is CC(C)OCc1ccc(C(=O)OCC(=O)N(CC#N)c2ccccc2)cc1. The van der Waals surface area contributed by atoms with Crippen molar-refractivity contribution in [1.29, 1.82) is 5.26 Å². The number of rotatable bonds is 8. The molecule has 0 bridgehead atoms. The molecular formula is C21H22N2O4. The van der Waals surface area contributed by atoms with Crippen LogP contribution in [0.5, 0.6) is 0 Å². The third kappa shape index (κ3) is 6.24. The molecule has 2 aromatic carbocycles. The second kappa shape index (κ2) is 10.1. The number of benzene rings is 2. The zero-order valence-corrected chi connectivity index (χ0v) is 15.4. The minimum absolute atomic E-state index is 0.120. The number of anilines is 1. The van der Waals surface area contributed by atoms with E-state index in [0.29, 0.717) is 17.9 Å². The van der Waals surface area contributed by atoms with Gasteiger partial charge in [-0.05, 0) is 43.7 Å². The zero-order chi connectivity index (χ0) is 19.6. The lowest BCUT2D eigenvalue weighted by atomic mass is 10.1. The van der Waals surface area contributed by atoms with Gasteiger partial charge in [0.25, 0.3) is 5.91 Å². The molecular weight excluding hydrogens is 344 g/mol. The number of hydrogen-bond acceptors (Lipinski definition) is 5. The molecule has 6 heteroatoms. The van der Waals surface area contributed by atoms with Gasteiger partial charge in [0.1, 0.15) is 6.54 Å². The Morgan fingerprint density at radius 3 is 2.33 bits per heavy atom. The molecule has 1 amide bonds. The molecule has 0 aliphatic heterocycles. The second-order valence-corrected chi connectivity index (χ2v) is 6.11. The molecule has 0 aromatic heterocycles. The number of hydrogen-bond donors (Lipinski definition) is 0. The average Bonchev–Trinajstić information content (AvgIpc) is 2.69. The molecule has 0 aliphatic carbocycles. The molecule has 0 saturated heterocycles. The smallest absolute Gasteiger partial charge is 0.338 e. The minimum atomic E-state index is -0.593. The molecule has 6 nitrogen and oxygen atoms in total. The van der Waals surface area contributed by atoms with E-state index in [-0.39, 0.29) is 12.6 Å². The van der Waals surface area contributed by atoms with Gasteiger partial charge in [-0.1, -0.05) is 30.3 Å². The van der Waals surface area contributed by atoms with Gasteiger partial charge in [-0.25, -0.2) is 4.79 Å². The summed E-state index contributed by atoms with van der Waals surface area (Å²) in [4.78, 5) is 25.8. The average molecular weight is 366 g/mol. The van der Waals surface area contributed by atoms with Crippen molar-refractivity contribution in [1.82, 2.24) is 0 Å². The normalized spacial score (nSPS) is 10.3. The largest absolute Gasteiger partial charge is 0.452 e. The van der Waals surface area contributed by atoms with E-state index in [2.05, 4.69) is 0 Å². The number of nitriles is 1. The van der Waals surface area contributed by atoms with Crippen molar-refractivity contribution >= 4 is 17.6 Å². The summed E-state index contributed by atoms with van der Waals surface area (Å²) >= 11 is 0. The predicted molar refractivity (Wildman–Crippen MR) is 101 cm³/mol. The number of esters is 1. The van der Waals surface area contributed by atoms with Gasteiger partial charge in [-0.15, -0.1) is 0 Å². The summed E-state index contributed by atoms with van der Waals surface area (Å²) in [6.45, 7) is 3.81. The highest BCUT2D eigenvalue weighted by Gasteiger charge is 2.18. The molecule has 2 aromatic rings. The van der Waals surface area contributed by atoms with Crippen LogP contribution in [0.25, 0.3) is 0 Å². The maximum Gasteiger partial charge on any atom is 0.338 e. The lowest BCUT2D eigenvalue weighted by Gasteiger charge is -2.19. The molecule has 140 valence electrons. The van der Waals surface area contributed by atoms with Gasteiger partial charge >= 0.3 is 5.97 Å². The Morgan fingerprint density at radius 2 is 1.74 bits per heavy atom. The van der Waals surface area contributed by atoms with Crippen molar-refractivity contribution in [2.45, 2.75) is 26.6 Å². The fourth-order valence-corrected chi connectivity index (χ4v) is 2.29. The van der Waals surface area contributed by atoms with Crippen LogP contribution >= 0.6 is 0 Å². The molecule has 0 saturated carbocycles. The van der Waals surface area contributed by atoms with Crippen LogP contribution in [-0.2, 0) is 20.9 Å². The first-order chi connectivity index (χ1) is 13.0. The van der Waals surface area contributed by atoms with Gasteiger partial charge in [0, 0.05) is 5.69 Å². The summed E-state index contributed by atoms with van der Waals surface area (Å²) in [5.41, 5.74) is 1.87. The minimum Gasteiger partial charge on any atom is -0.452 e. The Hall–Kier alpha value is -3.17. The number of nitrogens with zero attached hydrogens (tertiary/aromatic N) is 2. The van der Waals surface area contributed by atoms with Crippen molar-refractivity contribution in [3.8, 4) is 6.07 Å². The lowest BCUT2D eigenvalue weighted by molar-refractivity contribution is -0.121. The van der Waals surface area contributed by atoms with E-state index in [1.165, 1.54) is 4.90 Å². The molecule has 0 spiro atoms. The zero-order valence-electron chi connectivity index (χ0n) is 15.4. The summed E-state index contributed by atoms with van der Waals surface area (Å²) in [6.07, 6.45) is 0.127. The van der Waals surface area contributed by atoms with E-state index in [0.717, 1.165) is 5.56 Å². The predicted octanol–water partition coefficient (Wildman–Crippen LogP) is 3.33. The van der Waals surface area contributed by atoms with Crippen LogP contribution in [0.15, 0.2) is 54.6 Å². The van der Waals surface area contributed by atoms with E-state index in [1.54, 1.807) is 48.5 Å². The standard InChI is InChI=1S/C21H22N2O4/c1-16(2)26-14-17-8-10-18(11-9-17)21(25)27-15-20(24)23(13-12-22)19-6-4-3-5-7-19/h3-11,16H,13-15H2,1-2H3. The molecule has 0 fully saturated rings. The van der Waals surface area contributed by atoms with Crippen LogP contribution in [-0.4, -0.2) is 31.1 Å². The van der Waals surface area contributed by atoms with Gasteiger partial charge in [-0.2, -0.15) is 5.26 Å². The van der Waals surface area contributed by atoms with Crippen LogP contribution in [0.4, 0.5) is 5.69 Å². The summed E-state index contributed by atoms with van der Waals surface area (Å²) in [5.74, 6) is -1.05. The second-order valence-electron chi connectivity index (χ2n) is 6.11. The van der Waals surface area contributed by atoms with Gasteiger partial charge in [0.2, 0.25) is 0 Å². The monoisotopic (exact) mass is 366 g/mol. The molecule has 2 rings (SSSR count). The Morgan fingerprint density at radius 1 is 1.07 bits per heavy atom. The number of amides is 1. The Bertz CT molecular complexity index is 795. The first-order valence-corrected chi connectivity index (χ1v) is 8.61. The quantitative estimate of drug-likeness (QED) is 0.529. The van der Waals surface area contributed by atoms with Gasteiger partial charge in [0.15, 0.2) is 6.61 Å². The molecule has 27 heavy (non-hydrogen) atoms. The summed E-state index contributed by atoms with van der Waals surface area (Å²) < 4.78 is 10.6. The number of carbonyl (C=O) groups excluding carboxylic acids is 2.